The molecule has 0 radical (unpaired) electrons. The fourth-order valence-electron chi connectivity index (χ4n) is 2.77. The number of fused-ring (bicyclic) bond motifs is 1. The van der Waals surface area contributed by atoms with Crippen molar-refractivity contribution in [3.8, 4) is 5.75 Å². The first-order valence-corrected chi connectivity index (χ1v) is 10.2. The van der Waals surface area contributed by atoms with E-state index < -0.39 is 0 Å². The van der Waals surface area contributed by atoms with Gasteiger partial charge in [0.2, 0.25) is 0 Å². The molecule has 8 heteroatoms. The van der Waals surface area contributed by atoms with Crippen LogP contribution in [-0.4, -0.2) is 39.2 Å². The second kappa shape index (κ2) is 9.73. The molecule has 0 saturated heterocycles. The number of hydrogen-bond donors (Lipinski definition) is 2. The Morgan fingerprint density at radius 2 is 1.93 bits per heavy atom. The van der Waals surface area contributed by atoms with Crippen LogP contribution in [0.2, 0.25) is 5.02 Å². The molecule has 0 unspecified atom stereocenters. The predicted molar refractivity (Wildman–Crippen MR) is 117 cm³/mol. The Hall–Kier alpha value is -2.61. The summed E-state index contributed by atoms with van der Waals surface area (Å²) >= 11 is 7.70. The van der Waals surface area contributed by atoms with Gasteiger partial charge in [-0.2, -0.15) is 0 Å². The molecular formula is C21H21ClN2O4S. The van der Waals surface area contributed by atoms with Gasteiger partial charge in [0.25, 0.3) is 11.8 Å². The molecule has 152 valence electrons. The topological polar surface area (TPSA) is 76.7 Å². The fourth-order valence-corrected chi connectivity index (χ4v) is 4.21. The third kappa shape index (κ3) is 5.06. The molecular weight excluding hydrogens is 412 g/mol. The molecule has 0 aliphatic carbocycles. The minimum atomic E-state index is -0.326. The number of methoxy groups -OCH3 is 2. The average Bonchev–Trinajstić information content (AvgIpc) is 3.07. The first kappa shape index (κ1) is 21.1. The molecule has 2 amide bonds. The highest BCUT2D eigenvalue weighted by molar-refractivity contribution is 7.21. The summed E-state index contributed by atoms with van der Waals surface area (Å²) in [7, 11) is 3.21. The van der Waals surface area contributed by atoms with Crippen molar-refractivity contribution in [1.82, 2.24) is 5.32 Å². The molecule has 3 rings (SSSR count). The Kier molecular flexibility index (Phi) is 7.09. The lowest BCUT2D eigenvalue weighted by molar-refractivity contribution is 0.0947. The molecule has 0 spiro atoms. The number of carbonyl (C=O) groups excluding carboxylic acids is 2. The van der Waals surface area contributed by atoms with Gasteiger partial charge in [-0.1, -0.05) is 17.7 Å². The number of benzene rings is 2. The lowest BCUT2D eigenvalue weighted by atomic mass is 10.2. The zero-order valence-corrected chi connectivity index (χ0v) is 17.7. The number of anilines is 1. The van der Waals surface area contributed by atoms with E-state index in [0.717, 1.165) is 16.5 Å². The van der Waals surface area contributed by atoms with Gasteiger partial charge in [0.1, 0.15) is 10.6 Å². The summed E-state index contributed by atoms with van der Waals surface area (Å²) in [6.45, 7) is 1.10. The van der Waals surface area contributed by atoms with Gasteiger partial charge in [0, 0.05) is 41.6 Å². The van der Waals surface area contributed by atoms with Crippen LogP contribution in [0.15, 0.2) is 42.5 Å². The second-order valence-corrected chi connectivity index (χ2v) is 7.67. The zero-order chi connectivity index (χ0) is 20.8. The molecule has 0 aliphatic rings. The highest BCUT2D eigenvalue weighted by atomic mass is 35.5. The van der Waals surface area contributed by atoms with E-state index in [1.807, 2.05) is 12.1 Å². The summed E-state index contributed by atoms with van der Waals surface area (Å²) in [6, 6.07) is 12.3. The van der Waals surface area contributed by atoms with Crippen LogP contribution in [0.5, 0.6) is 5.75 Å². The van der Waals surface area contributed by atoms with Crippen LogP contribution in [0.1, 0.15) is 26.5 Å². The standard InChI is InChI=1S/C21H21ClN2O4S/c1-27-10-4-9-23-20(25)13-5-3-6-14(11-13)24-21(26)19-18(22)16-8-7-15(28-2)12-17(16)29-19/h3,5-8,11-12H,4,9-10H2,1-2H3,(H,23,25)(H,24,26). The van der Waals surface area contributed by atoms with Crippen LogP contribution >= 0.6 is 22.9 Å². The first-order chi connectivity index (χ1) is 14.0. The molecule has 2 N–H and O–H groups in total. The summed E-state index contributed by atoms with van der Waals surface area (Å²) in [5.74, 6) is 0.170. The lowest BCUT2D eigenvalue weighted by Crippen LogP contribution is -2.25. The van der Waals surface area contributed by atoms with Crippen molar-refractivity contribution in [2.75, 3.05) is 32.7 Å². The monoisotopic (exact) mass is 432 g/mol. The maximum atomic E-state index is 12.8. The number of nitrogens with one attached hydrogen (secondary N) is 2. The van der Waals surface area contributed by atoms with Crippen molar-refractivity contribution in [2.24, 2.45) is 0 Å². The molecule has 0 atom stereocenters. The molecule has 0 fully saturated rings. The highest BCUT2D eigenvalue weighted by Gasteiger charge is 2.18. The molecule has 6 nitrogen and oxygen atoms in total. The number of rotatable bonds is 8. The normalized spacial score (nSPS) is 10.7. The molecule has 2 aromatic carbocycles. The third-order valence-electron chi connectivity index (χ3n) is 4.24. The van der Waals surface area contributed by atoms with Gasteiger partial charge in [-0.3, -0.25) is 9.59 Å². The number of carbonyl (C=O) groups is 2. The fraction of sp³-hybridized carbons (Fsp3) is 0.238. The average molecular weight is 433 g/mol. The molecule has 1 heterocycles. The maximum Gasteiger partial charge on any atom is 0.267 e. The second-order valence-electron chi connectivity index (χ2n) is 6.24. The SMILES string of the molecule is COCCCNC(=O)c1cccc(NC(=O)c2sc3cc(OC)ccc3c2Cl)c1. The van der Waals surface area contributed by atoms with Crippen LogP contribution in [0, 0.1) is 0 Å². The Bertz CT molecular complexity index is 1030. The van der Waals surface area contributed by atoms with E-state index in [1.54, 1.807) is 44.6 Å². The van der Waals surface area contributed by atoms with E-state index in [-0.39, 0.29) is 11.8 Å². The highest BCUT2D eigenvalue weighted by Crippen LogP contribution is 2.37. The lowest BCUT2D eigenvalue weighted by Gasteiger charge is -2.08. The van der Waals surface area contributed by atoms with Gasteiger partial charge < -0.3 is 20.1 Å². The van der Waals surface area contributed by atoms with E-state index in [1.165, 1.54) is 11.3 Å². The maximum absolute atomic E-state index is 12.8. The van der Waals surface area contributed by atoms with Gasteiger partial charge in [-0.05, 0) is 42.8 Å². The summed E-state index contributed by atoms with van der Waals surface area (Å²) in [5.41, 5.74) is 0.984. The zero-order valence-electron chi connectivity index (χ0n) is 16.1. The summed E-state index contributed by atoms with van der Waals surface area (Å²) < 4.78 is 11.1. The third-order valence-corrected chi connectivity index (χ3v) is 5.89. The number of halogens is 1. The van der Waals surface area contributed by atoms with Crippen molar-refractivity contribution < 1.29 is 19.1 Å². The minimum absolute atomic E-state index is 0.204. The number of hydrogen-bond acceptors (Lipinski definition) is 5. The van der Waals surface area contributed by atoms with Gasteiger partial charge in [0.15, 0.2) is 0 Å². The quantitative estimate of drug-likeness (QED) is 0.511. The van der Waals surface area contributed by atoms with E-state index in [9.17, 15) is 9.59 Å². The van der Waals surface area contributed by atoms with Crippen molar-refractivity contribution in [3.63, 3.8) is 0 Å². The number of ether oxygens (including phenoxy) is 2. The molecule has 0 saturated carbocycles. The first-order valence-electron chi connectivity index (χ1n) is 8.98. The van der Waals surface area contributed by atoms with Crippen LogP contribution < -0.4 is 15.4 Å². The molecule has 0 aliphatic heterocycles. The summed E-state index contributed by atoms with van der Waals surface area (Å²) in [4.78, 5) is 25.4. The Morgan fingerprint density at radius 3 is 2.69 bits per heavy atom. The largest absolute Gasteiger partial charge is 0.497 e. The van der Waals surface area contributed by atoms with Crippen LogP contribution in [0.3, 0.4) is 0 Å². The van der Waals surface area contributed by atoms with Gasteiger partial charge in [0.05, 0.1) is 12.1 Å². The van der Waals surface area contributed by atoms with Crippen molar-refractivity contribution >= 4 is 50.5 Å². The molecule has 3 aromatic rings. The number of thiophene rings is 1. The van der Waals surface area contributed by atoms with E-state index in [0.29, 0.717) is 40.1 Å². The number of amides is 2. The summed E-state index contributed by atoms with van der Waals surface area (Å²) in [6.07, 6.45) is 0.730. The summed E-state index contributed by atoms with van der Waals surface area (Å²) in [5, 5.41) is 6.84. The van der Waals surface area contributed by atoms with Crippen LogP contribution in [0.4, 0.5) is 5.69 Å². The predicted octanol–water partition coefficient (Wildman–Crippen LogP) is 4.58. The van der Waals surface area contributed by atoms with Gasteiger partial charge >= 0.3 is 0 Å². The van der Waals surface area contributed by atoms with Crippen LogP contribution in [-0.2, 0) is 4.74 Å². The Labute approximate surface area is 177 Å². The van der Waals surface area contributed by atoms with Crippen molar-refractivity contribution in [3.05, 3.63) is 57.9 Å². The van der Waals surface area contributed by atoms with Crippen molar-refractivity contribution in [1.29, 1.82) is 0 Å². The van der Waals surface area contributed by atoms with Gasteiger partial charge in [-0.15, -0.1) is 11.3 Å². The minimum Gasteiger partial charge on any atom is -0.497 e. The van der Waals surface area contributed by atoms with Crippen molar-refractivity contribution in [2.45, 2.75) is 6.42 Å². The Balaban J connectivity index is 1.73. The van der Waals surface area contributed by atoms with E-state index in [4.69, 9.17) is 21.1 Å². The molecule has 1 aromatic heterocycles. The smallest absolute Gasteiger partial charge is 0.267 e. The molecule has 0 bridgehead atoms. The van der Waals surface area contributed by atoms with E-state index in [2.05, 4.69) is 10.6 Å². The van der Waals surface area contributed by atoms with Crippen LogP contribution in [0.25, 0.3) is 10.1 Å². The molecule has 29 heavy (non-hydrogen) atoms. The Morgan fingerprint density at radius 1 is 1.10 bits per heavy atom. The van der Waals surface area contributed by atoms with Gasteiger partial charge in [-0.25, -0.2) is 0 Å². The van der Waals surface area contributed by atoms with E-state index >= 15 is 0 Å².